The molecule has 2 nitrogen and oxygen atoms in total. The Morgan fingerprint density at radius 2 is 2.36 bits per heavy atom. The highest BCUT2D eigenvalue weighted by atomic mass is 32.2. The van der Waals surface area contributed by atoms with Gasteiger partial charge in [0.25, 0.3) is 0 Å². The van der Waals surface area contributed by atoms with Crippen LogP contribution in [-0.4, -0.2) is 23.0 Å². The lowest BCUT2D eigenvalue weighted by Gasteiger charge is -2.06. The third kappa shape index (κ3) is 4.11. The molecule has 1 rings (SSSR count). The molecule has 0 spiro atoms. The quantitative estimate of drug-likeness (QED) is 0.729. The minimum atomic E-state index is 0.934. The Balaban J connectivity index is 2.21. The van der Waals surface area contributed by atoms with Crippen LogP contribution in [0.15, 0.2) is 18.5 Å². The molecule has 0 bridgehead atoms. The summed E-state index contributed by atoms with van der Waals surface area (Å²) in [4.78, 5) is 4.12. The minimum absolute atomic E-state index is 0.934. The fraction of sp³-hybridized carbons (Fsp3) is 0.545. The first-order chi connectivity index (χ1) is 6.84. The number of nitrogens with one attached hydrogen (secondary N) is 1. The molecule has 1 heterocycles. The maximum Gasteiger partial charge on any atom is 0.0315 e. The maximum atomic E-state index is 4.12. The number of aromatic nitrogens is 1. The van der Waals surface area contributed by atoms with Gasteiger partial charge in [-0.1, -0.05) is 6.92 Å². The number of thioether (sulfide) groups is 1. The largest absolute Gasteiger partial charge is 0.312 e. The average molecular weight is 210 g/mol. The first-order valence-electron chi connectivity index (χ1n) is 5.02. The van der Waals surface area contributed by atoms with E-state index in [4.69, 9.17) is 0 Å². The Hall–Kier alpha value is -0.540. The van der Waals surface area contributed by atoms with Gasteiger partial charge >= 0.3 is 0 Å². The van der Waals surface area contributed by atoms with Crippen LogP contribution < -0.4 is 5.32 Å². The molecule has 0 saturated heterocycles. The second-order valence-electron chi connectivity index (χ2n) is 3.18. The van der Waals surface area contributed by atoms with Crippen LogP contribution in [0.4, 0.5) is 0 Å². The van der Waals surface area contributed by atoms with Gasteiger partial charge in [-0.3, -0.25) is 4.98 Å². The molecule has 0 aliphatic rings. The summed E-state index contributed by atoms with van der Waals surface area (Å²) in [5.74, 6) is 2.39. The van der Waals surface area contributed by atoms with Gasteiger partial charge in [-0.15, -0.1) is 0 Å². The van der Waals surface area contributed by atoms with Crippen molar-refractivity contribution in [1.82, 2.24) is 10.3 Å². The van der Waals surface area contributed by atoms with E-state index in [0.717, 1.165) is 13.1 Å². The molecule has 0 unspecified atom stereocenters. The summed E-state index contributed by atoms with van der Waals surface area (Å²) in [6.07, 6.45) is 3.78. The van der Waals surface area contributed by atoms with E-state index >= 15 is 0 Å². The molecule has 0 fully saturated rings. The van der Waals surface area contributed by atoms with Crippen LogP contribution in [0, 0.1) is 6.92 Å². The number of nitrogens with zero attached hydrogens (tertiary/aromatic N) is 1. The smallest absolute Gasteiger partial charge is 0.0315 e. The third-order valence-corrected chi connectivity index (χ3v) is 2.99. The highest BCUT2D eigenvalue weighted by molar-refractivity contribution is 7.99. The van der Waals surface area contributed by atoms with Crippen molar-refractivity contribution in [1.29, 1.82) is 0 Å². The standard InChI is InChI=1S/C11H18N2S/c1-3-14-7-6-13-9-11-8-12-5-4-10(11)2/h4-5,8,13H,3,6-7,9H2,1-2H3. The van der Waals surface area contributed by atoms with E-state index in [1.807, 2.05) is 24.2 Å². The van der Waals surface area contributed by atoms with E-state index in [-0.39, 0.29) is 0 Å². The van der Waals surface area contributed by atoms with Crippen molar-refractivity contribution in [2.75, 3.05) is 18.1 Å². The van der Waals surface area contributed by atoms with Gasteiger partial charge in [0.15, 0.2) is 0 Å². The fourth-order valence-corrected chi connectivity index (χ4v) is 1.77. The first kappa shape index (κ1) is 11.5. The van der Waals surface area contributed by atoms with Crippen molar-refractivity contribution < 1.29 is 0 Å². The van der Waals surface area contributed by atoms with Crippen LogP contribution in [0.5, 0.6) is 0 Å². The molecular formula is C11H18N2S. The van der Waals surface area contributed by atoms with E-state index in [9.17, 15) is 0 Å². The van der Waals surface area contributed by atoms with Gasteiger partial charge in [-0.05, 0) is 29.9 Å². The Morgan fingerprint density at radius 1 is 1.50 bits per heavy atom. The van der Waals surface area contributed by atoms with Crippen LogP contribution in [0.1, 0.15) is 18.1 Å². The van der Waals surface area contributed by atoms with Crippen molar-refractivity contribution in [2.45, 2.75) is 20.4 Å². The summed E-state index contributed by atoms with van der Waals surface area (Å²) in [5, 5.41) is 3.42. The van der Waals surface area contributed by atoms with Crippen LogP contribution in [0.3, 0.4) is 0 Å². The fourth-order valence-electron chi connectivity index (χ4n) is 1.19. The average Bonchev–Trinajstić information content (AvgIpc) is 2.20. The second-order valence-corrected chi connectivity index (χ2v) is 4.57. The molecule has 0 amide bonds. The Kier molecular flexibility index (Phi) is 5.64. The van der Waals surface area contributed by atoms with E-state index in [0.29, 0.717) is 0 Å². The van der Waals surface area contributed by atoms with Crippen molar-refractivity contribution in [3.05, 3.63) is 29.6 Å². The summed E-state index contributed by atoms with van der Waals surface area (Å²) >= 11 is 1.97. The van der Waals surface area contributed by atoms with Crippen molar-refractivity contribution in [2.24, 2.45) is 0 Å². The Morgan fingerprint density at radius 3 is 3.07 bits per heavy atom. The molecular weight excluding hydrogens is 192 g/mol. The molecule has 0 atom stereocenters. The van der Waals surface area contributed by atoms with Crippen molar-refractivity contribution in [3.63, 3.8) is 0 Å². The van der Waals surface area contributed by atoms with Gasteiger partial charge in [-0.2, -0.15) is 11.8 Å². The summed E-state index contributed by atoms with van der Waals surface area (Å²) in [6.45, 7) is 6.33. The second kappa shape index (κ2) is 6.85. The number of pyridine rings is 1. The highest BCUT2D eigenvalue weighted by Gasteiger charge is 1.96. The summed E-state index contributed by atoms with van der Waals surface area (Å²) < 4.78 is 0. The molecule has 0 aliphatic heterocycles. The Labute approximate surface area is 90.5 Å². The lowest BCUT2D eigenvalue weighted by atomic mass is 10.2. The van der Waals surface area contributed by atoms with Gasteiger partial charge in [0.1, 0.15) is 0 Å². The zero-order valence-electron chi connectivity index (χ0n) is 8.92. The van der Waals surface area contributed by atoms with Gasteiger partial charge in [0.05, 0.1) is 0 Å². The first-order valence-corrected chi connectivity index (χ1v) is 6.18. The summed E-state index contributed by atoms with van der Waals surface area (Å²) in [6, 6.07) is 2.05. The zero-order chi connectivity index (χ0) is 10.2. The normalized spacial score (nSPS) is 10.4. The number of rotatable bonds is 6. The highest BCUT2D eigenvalue weighted by Crippen LogP contribution is 2.04. The number of hydrogen-bond donors (Lipinski definition) is 1. The molecule has 0 radical (unpaired) electrons. The minimum Gasteiger partial charge on any atom is -0.312 e. The van der Waals surface area contributed by atoms with E-state index in [1.165, 1.54) is 22.6 Å². The Bertz CT molecular complexity index is 263. The number of hydrogen-bond acceptors (Lipinski definition) is 3. The van der Waals surface area contributed by atoms with E-state index in [1.54, 1.807) is 0 Å². The molecule has 0 aromatic carbocycles. The molecule has 0 aliphatic carbocycles. The molecule has 0 saturated carbocycles. The van der Waals surface area contributed by atoms with Crippen molar-refractivity contribution in [3.8, 4) is 0 Å². The van der Waals surface area contributed by atoms with Gasteiger partial charge in [0, 0.05) is 31.2 Å². The predicted molar refractivity (Wildman–Crippen MR) is 63.7 cm³/mol. The summed E-state index contributed by atoms with van der Waals surface area (Å²) in [5.41, 5.74) is 2.62. The van der Waals surface area contributed by atoms with Crippen molar-refractivity contribution >= 4 is 11.8 Å². The molecule has 1 aromatic heterocycles. The van der Waals surface area contributed by atoms with Crippen LogP contribution >= 0.6 is 11.8 Å². The topological polar surface area (TPSA) is 24.9 Å². The SMILES string of the molecule is CCSCCNCc1cnccc1C. The van der Waals surface area contributed by atoms with Crippen LogP contribution in [0.25, 0.3) is 0 Å². The predicted octanol–water partition coefficient (Wildman–Crippen LogP) is 2.23. The zero-order valence-corrected chi connectivity index (χ0v) is 9.73. The molecule has 14 heavy (non-hydrogen) atoms. The lowest BCUT2D eigenvalue weighted by Crippen LogP contribution is -2.17. The molecule has 78 valence electrons. The lowest BCUT2D eigenvalue weighted by molar-refractivity contribution is 0.726. The van der Waals surface area contributed by atoms with Gasteiger partial charge in [-0.25, -0.2) is 0 Å². The summed E-state index contributed by atoms with van der Waals surface area (Å²) in [7, 11) is 0. The van der Waals surface area contributed by atoms with Crippen LogP contribution in [-0.2, 0) is 6.54 Å². The molecule has 1 N–H and O–H groups in total. The number of aryl methyl sites for hydroxylation is 1. The van der Waals surface area contributed by atoms with Gasteiger partial charge in [0.2, 0.25) is 0 Å². The van der Waals surface area contributed by atoms with E-state index in [2.05, 4.69) is 30.2 Å². The molecule has 3 heteroatoms. The maximum absolute atomic E-state index is 4.12. The van der Waals surface area contributed by atoms with Gasteiger partial charge < -0.3 is 5.32 Å². The van der Waals surface area contributed by atoms with Crippen LogP contribution in [0.2, 0.25) is 0 Å². The molecule has 1 aromatic rings. The third-order valence-electron chi connectivity index (χ3n) is 2.09. The monoisotopic (exact) mass is 210 g/mol. The van der Waals surface area contributed by atoms with E-state index < -0.39 is 0 Å².